The molecule has 0 saturated carbocycles. The second kappa shape index (κ2) is 10.2. The molecule has 2 aliphatic heterocycles. The number of amides is 1. The van der Waals surface area contributed by atoms with Crippen LogP contribution in [0.25, 0.3) is 17.3 Å². The number of rotatable bonds is 4. The van der Waals surface area contributed by atoms with Crippen molar-refractivity contribution >= 4 is 50.6 Å². The topological polar surface area (TPSA) is 87.5 Å². The zero-order valence-electron chi connectivity index (χ0n) is 19.9. The van der Waals surface area contributed by atoms with Crippen molar-refractivity contribution in [2.45, 2.75) is 5.75 Å². The average molecular weight is 564 g/mol. The number of hydrogen-bond donors (Lipinski definition) is 1. The Kier molecular flexibility index (Phi) is 7.12. The molecular weight excluding hydrogens is 540 g/mol. The van der Waals surface area contributed by atoms with Gasteiger partial charge in [0.25, 0.3) is 5.91 Å². The molecule has 8 nitrogen and oxygen atoms in total. The molecule has 1 saturated heterocycles. The van der Waals surface area contributed by atoms with E-state index < -0.39 is 21.6 Å². The lowest BCUT2D eigenvalue weighted by atomic mass is 10.0. The molecule has 0 atom stereocenters. The lowest BCUT2D eigenvalue weighted by Gasteiger charge is -2.32. The maximum Gasteiger partial charge on any atom is 0.286 e. The highest BCUT2D eigenvalue weighted by Gasteiger charge is 2.35. The van der Waals surface area contributed by atoms with Crippen molar-refractivity contribution in [3.05, 3.63) is 80.8 Å². The van der Waals surface area contributed by atoms with Crippen LogP contribution in [0, 0.1) is 5.82 Å². The highest BCUT2D eigenvalue weighted by atomic mass is 35.5. The van der Waals surface area contributed by atoms with E-state index in [1.54, 1.807) is 41.4 Å². The molecule has 1 fully saturated rings. The summed E-state index contributed by atoms with van der Waals surface area (Å²) in [4.78, 5) is 15.6. The Bertz CT molecular complexity index is 1500. The number of sulfone groups is 1. The molecule has 0 radical (unpaired) electrons. The van der Waals surface area contributed by atoms with Crippen molar-refractivity contribution in [1.82, 2.24) is 25.1 Å². The standard InChI is InChI=1S/C25H24Cl2FN5O3S/c1-31-8-10-32(11-9-31)30-25(34)23-20-15-37(35,36)14-17(12-16-2-5-19(28)6-3-16)24(20)33(29-23)22-7-4-18(26)13-21(22)27/h2-7,12-13H,8-11,14-15H2,1H3,(H,30,34)/b17-12+. The van der Waals surface area contributed by atoms with Crippen LogP contribution < -0.4 is 5.43 Å². The fourth-order valence-electron chi connectivity index (χ4n) is 4.49. The SMILES string of the molecule is CN1CCN(NC(=O)c2nn(-c3ccc(Cl)cc3Cl)c3c2CS(=O)(=O)C/C3=C\c2ccc(F)cc2)CC1. The van der Waals surface area contributed by atoms with E-state index in [9.17, 15) is 17.6 Å². The number of aromatic nitrogens is 2. The number of hydrogen-bond acceptors (Lipinski definition) is 6. The molecule has 0 unspecified atom stereocenters. The first-order valence-corrected chi connectivity index (χ1v) is 14.2. The normalized spacial score (nSPS) is 19.1. The number of likely N-dealkylation sites (N-methyl/N-ethyl adjacent to an activating group) is 1. The molecule has 0 spiro atoms. The van der Waals surface area contributed by atoms with E-state index in [0.29, 0.717) is 45.7 Å². The van der Waals surface area contributed by atoms with Crippen LogP contribution in [-0.2, 0) is 15.6 Å². The summed E-state index contributed by atoms with van der Waals surface area (Å²) in [6, 6.07) is 10.6. The van der Waals surface area contributed by atoms with Gasteiger partial charge in [0.05, 0.1) is 27.9 Å². The van der Waals surface area contributed by atoms with Crippen molar-refractivity contribution in [2.24, 2.45) is 0 Å². The lowest BCUT2D eigenvalue weighted by Crippen LogP contribution is -2.52. The molecule has 12 heteroatoms. The Morgan fingerprint density at radius 1 is 1.05 bits per heavy atom. The summed E-state index contributed by atoms with van der Waals surface area (Å²) in [6.45, 7) is 2.82. The quantitative estimate of drug-likeness (QED) is 0.521. The van der Waals surface area contributed by atoms with E-state index in [0.717, 1.165) is 13.1 Å². The van der Waals surface area contributed by atoms with Gasteiger partial charge in [-0.25, -0.2) is 22.5 Å². The number of halogens is 3. The fraction of sp³-hybridized carbons (Fsp3) is 0.280. The predicted molar refractivity (Wildman–Crippen MR) is 142 cm³/mol. The van der Waals surface area contributed by atoms with Gasteiger partial charge in [-0.3, -0.25) is 10.2 Å². The van der Waals surface area contributed by atoms with Gasteiger partial charge in [0.1, 0.15) is 5.82 Å². The van der Waals surface area contributed by atoms with Crippen molar-refractivity contribution in [3.63, 3.8) is 0 Å². The highest BCUT2D eigenvalue weighted by Crippen LogP contribution is 2.36. The first-order chi connectivity index (χ1) is 17.6. The molecule has 37 heavy (non-hydrogen) atoms. The number of nitrogens with zero attached hydrogens (tertiary/aromatic N) is 4. The number of nitrogens with one attached hydrogen (secondary N) is 1. The monoisotopic (exact) mass is 563 g/mol. The van der Waals surface area contributed by atoms with E-state index in [2.05, 4.69) is 15.4 Å². The summed E-state index contributed by atoms with van der Waals surface area (Å²) >= 11 is 12.6. The number of carbonyl (C=O) groups is 1. The second-order valence-electron chi connectivity index (χ2n) is 9.17. The summed E-state index contributed by atoms with van der Waals surface area (Å²) in [6.07, 6.45) is 1.67. The Morgan fingerprint density at radius 3 is 2.43 bits per heavy atom. The first kappa shape index (κ1) is 25.9. The number of carbonyl (C=O) groups excluding carboxylic acids is 1. The summed E-state index contributed by atoms with van der Waals surface area (Å²) in [7, 11) is -1.60. The van der Waals surface area contributed by atoms with Gasteiger partial charge in [-0.05, 0) is 54.6 Å². The van der Waals surface area contributed by atoms with Gasteiger partial charge in [-0.2, -0.15) is 5.10 Å². The minimum absolute atomic E-state index is 0.00762. The van der Waals surface area contributed by atoms with Crippen molar-refractivity contribution < 1.29 is 17.6 Å². The zero-order valence-corrected chi connectivity index (χ0v) is 22.2. The Labute approximate surface area is 224 Å². The van der Waals surface area contributed by atoms with Crippen LogP contribution >= 0.6 is 23.2 Å². The van der Waals surface area contributed by atoms with E-state index in [4.69, 9.17) is 23.2 Å². The maximum atomic E-state index is 13.5. The van der Waals surface area contributed by atoms with Gasteiger partial charge in [-0.15, -0.1) is 0 Å². The summed E-state index contributed by atoms with van der Waals surface area (Å²) in [5.41, 5.74) is 5.12. The molecule has 2 aromatic carbocycles. The smallest absolute Gasteiger partial charge is 0.286 e. The van der Waals surface area contributed by atoms with Crippen molar-refractivity contribution in [2.75, 3.05) is 39.0 Å². The summed E-state index contributed by atoms with van der Waals surface area (Å²) in [5.74, 6) is -1.52. The van der Waals surface area contributed by atoms with E-state index in [1.807, 2.05) is 7.05 Å². The third kappa shape index (κ3) is 5.58. The second-order valence-corrected chi connectivity index (χ2v) is 12.1. The number of hydrazine groups is 1. The number of fused-ring (bicyclic) bond motifs is 1. The lowest BCUT2D eigenvalue weighted by molar-refractivity contribution is 0.0656. The molecule has 0 aliphatic carbocycles. The molecule has 194 valence electrons. The minimum Gasteiger partial charge on any atom is -0.304 e. The van der Waals surface area contributed by atoms with Crippen LogP contribution in [0.4, 0.5) is 4.39 Å². The average Bonchev–Trinajstić information content (AvgIpc) is 3.20. The Morgan fingerprint density at radius 2 is 1.76 bits per heavy atom. The van der Waals surface area contributed by atoms with Crippen LogP contribution in [0.3, 0.4) is 0 Å². The molecule has 1 aromatic heterocycles. The van der Waals surface area contributed by atoms with E-state index in [1.165, 1.54) is 16.8 Å². The third-order valence-electron chi connectivity index (χ3n) is 6.35. The van der Waals surface area contributed by atoms with Gasteiger partial charge < -0.3 is 4.90 Å². The van der Waals surface area contributed by atoms with E-state index in [-0.39, 0.29) is 22.8 Å². The largest absolute Gasteiger partial charge is 0.304 e. The maximum absolute atomic E-state index is 13.5. The third-order valence-corrected chi connectivity index (χ3v) is 8.37. The van der Waals surface area contributed by atoms with Crippen LogP contribution in [0.2, 0.25) is 10.0 Å². The minimum atomic E-state index is -3.61. The Hall–Kier alpha value is -2.76. The molecule has 3 heterocycles. The van der Waals surface area contributed by atoms with Crippen LogP contribution in [0.5, 0.6) is 0 Å². The molecule has 1 N–H and O–H groups in total. The van der Waals surface area contributed by atoms with Gasteiger partial charge >= 0.3 is 0 Å². The van der Waals surface area contributed by atoms with Gasteiger partial charge in [0.15, 0.2) is 15.5 Å². The van der Waals surface area contributed by atoms with Crippen LogP contribution in [0.1, 0.15) is 27.3 Å². The molecular formula is C25H24Cl2FN5O3S. The highest BCUT2D eigenvalue weighted by molar-refractivity contribution is 7.91. The van der Waals surface area contributed by atoms with Gasteiger partial charge in [0.2, 0.25) is 0 Å². The van der Waals surface area contributed by atoms with Crippen molar-refractivity contribution in [1.29, 1.82) is 0 Å². The van der Waals surface area contributed by atoms with Gasteiger partial charge in [0, 0.05) is 36.8 Å². The molecule has 5 rings (SSSR count). The predicted octanol–water partition coefficient (Wildman–Crippen LogP) is 3.68. The van der Waals surface area contributed by atoms with Crippen LogP contribution in [-0.4, -0.2) is 73.0 Å². The molecule has 0 bridgehead atoms. The summed E-state index contributed by atoms with van der Waals surface area (Å²) < 4.78 is 41.0. The number of benzene rings is 2. The number of piperazine rings is 1. The van der Waals surface area contributed by atoms with Crippen molar-refractivity contribution in [3.8, 4) is 5.69 Å². The first-order valence-electron chi connectivity index (χ1n) is 11.6. The van der Waals surface area contributed by atoms with E-state index >= 15 is 0 Å². The molecule has 1 amide bonds. The van der Waals surface area contributed by atoms with Crippen LogP contribution in [0.15, 0.2) is 42.5 Å². The van der Waals surface area contributed by atoms with Gasteiger partial charge in [-0.1, -0.05) is 35.3 Å². The molecule has 2 aliphatic rings. The Balaban J connectivity index is 1.66. The zero-order chi connectivity index (χ0) is 26.3. The molecule has 3 aromatic rings. The fourth-order valence-corrected chi connectivity index (χ4v) is 6.49. The summed E-state index contributed by atoms with van der Waals surface area (Å²) in [5, 5.41) is 7.09.